The molecule has 1 aliphatic rings. The topological polar surface area (TPSA) is 61.0 Å². The summed E-state index contributed by atoms with van der Waals surface area (Å²) in [6.45, 7) is 4.85. The fraction of sp³-hybridized carbons (Fsp3) is 0.417. The fourth-order valence-electron chi connectivity index (χ4n) is 4.43. The fourth-order valence-corrected chi connectivity index (χ4v) is 4.43. The molecule has 0 radical (unpaired) electrons. The summed E-state index contributed by atoms with van der Waals surface area (Å²) in [6, 6.07) is 14.8. The number of ether oxygens (including phenoxy) is 2. The van der Waals surface area contributed by atoms with E-state index in [1.807, 2.05) is 6.07 Å². The highest BCUT2D eigenvalue weighted by Gasteiger charge is 2.27. The minimum Gasteiger partial charge on any atom is -0.497 e. The van der Waals surface area contributed by atoms with Gasteiger partial charge in [-0.3, -0.25) is 9.80 Å². The van der Waals surface area contributed by atoms with Crippen molar-refractivity contribution in [3.8, 4) is 11.5 Å². The maximum absolute atomic E-state index is 9.66. The van der Waals surface area contributed by atoms with Gasteiger partial charge in [-0.15, -0.1) is 0 Å². The molecule has 0 saturated carbocycles. The minimum atomic E-state index is 0.198. The van der Waals surface area contributed by atoms with Crippen LogP contribution in [0.1, 0.15) is 17.5 Å². The Morgan fingerprint density at radius 3 is 2.53 bits per heavy atom. The van der Waals surface area contributed by atoms with Crippen molar-refractivity contribution in [1.82, 2.24) is 14.8 Å². The molecular weight excluding hydrogens is 378 g/mol. The maximum Gasteiger partial charge on any atom is 0.122 e. The van der Waals surface area contributed by atoms with E-state index in [9.17, 15) is 5.11 Å². The Hall–Kier alpha value is -2.54. The third kappa shape index (κ3) is 4.61. The van der Waals surface area contributed by atoms with Crippen LogP contribution in [0.15, 0.2) is 48.7 Å². The van der Waals surface area contributed by atoms with Gasteiger partial charge in [-0.1, -0.05) is 18.2 Å². The van der Waals surface area contributed by atoms with Crippen LogP contribution in [0.3, 0.4) is 0 Å². The van der Waals surface area contributed by atoms with E-state index in [1.165, 1.54) is 22.0 Å². The second-order valence-electron chi connectivity index (χ2n) is 7.95. The number of H-pyrrole nitrogens is 1. The molecule has 3 aromatic rings. The molecule has 1 saturated heterocycles. The lowest BCUT2D eigenvalue weighted by Gasteiger charge is -2.41. The molecule has 2 heterocycles. The maximum atomic E-state index is 9.66. The first kappa shape index (κ1) is 20.7. The molecule has 6 nitrogen and oxygen atoms in total. The Morgan fingerprint density at radius 2 is 1.80 bits per heavy atom. The van der Waals surface area contributed by atoms with Crippen molar-refractivity contribution < 1.29 is 14.6 Å². The van der Waals surface area contributed by atoms with E-state index in [-0.39, 0.29) is 6.61 Å². The molecule has 4 rings (SSSR count). The Bertz CT molecular complexity index is 949. The summed E-state index contributed by atoms with van der Waals surface area (Å²) in [5.41, 5.74) is 3.68. The van der Waals surface area contributed by atoms with Crippen LogP contribution in [0.25, 0.3) is 10.9 Å². The van der Waals surface area contributed by atoms with E-state index in [0.717, 1.165) is 50.6 Å². The van der Waals surface area contributed by atoms with E-state index in [4.69, 9.17) is 9.47 Å². The Morgan fingerprint density at radius 1 is 1.03 bits per heavy atom. The summed E-state index contributed by atoms with van der Waals surface area (Å²) in [7, 11) is 3.35. The number of fused-ring (bicyclic) bond motifs is 1. The van der Waals surface area contributed by atoms with Gasteiger partial charge < -0.3 is 19.6 Å². The molecule has 1 aromatic heterocycles. The standard InChI is InChI=1S/C24H31N3O3/c1-29-21-11-18(12-22(13-21)30-2)15-27-9-8-26(17-20(27)7-10-28)16-19-14-25-24-6-4-3-5-23(19)24/h3-6,11-14,20,25,28H,7-10,15-17H2,1-2H3/t20-/m1/s1. The summed E-state index contributed by atoms with van der Waals surface area (Å²) >= 11 is 0. The number of para-hydroxylation sites is 1. The van der Waals surface area contributed by atoms with Crippen LogP contribution >= 0.6 is 0 Å². The Balaban J connectivity index is 1.45. The highest BCUT2D eigenvalue weighted by Crippen LogP contribution is 2.26. The van der Waals surface area contributed by atoms with Crippen LogP contribution in [-0.4, -0.2) is 66.4 Å². The van der Waals surface area contributed by atoms with Crippen LogP contribution in [0, 0.1) is 0 Å². The number of aromatic amines is 1. The molecule has 0 unspecified atom stereocenters. The first-order chi connectivity index (χ1) is 14.7. The molecule has 1 aliphatic heterocycles. The van der Waals surface area contributed by atoms with Gasteiger partial charge in [-0.05, 0) is 35.7 Å². The first-order valence-corrected chi connectivity index (χ1v) is 10.5. The van der Waals surface area contributed by atoms with Gasteiger partial charge in [0.05, 0.1) is 14.2 Å². The van der Waals surface area contributed by atoms with Crippen LogP contribution in [-0.2, 0) is 13.1 Å². The first-order valence-electron chi connectivity index (χ1n) is 10.5. The third-order valence-corrected chi connectivity index (χ3v) is 6.02. The molecular formula is C24H31N3O3. The third-order valence-electron chi connectivity index (χ3n) is 6.02. The molecule has 30 heavy (non-hydrogen) atoms. The van der Waals surface area contributed by atoms with Gasteiger partial charge >= 0.3 is 0 Å². The molecule has 2 aromatic carbocycles. The molecule has 0 aliphatic carbocycles. The van der Waals surface area contributed by atoms with Crippen molar-refractivity contribution in [2.24, 2.45) is 0 Å². The number of methoxy groups -OCH3 is 2. The Kier molecular flexibility index (Phi) is 6.57. The van der Waals surface area contributed by atoms with E-state index < -0.39 is 0 Å². The van der Waals surface area contributed by atoms with Crippen LogP contribution in [0.2, 0.25) is 0 Å². The number of piperazine rings is 1. The zero-order chi connectivity index (χ0) is 20.9. The van der Waals surface area contributed by atoms with Crippen molar-refractivity contribution in [2.75, 3.05) is 40.5 Å². The average Bonchev–Trinajstić information content (AvgIpc) is 3.18. The lowest BCUT2D eigenvalue weighted by Crippen LogP contribution is -2.52. The number of rotatable bonds is 8. The molecule has 0 bridgehead atoms. The molecule has 6 heteroatoms. The number of aliphatic hydroxyl groups excluding tert-OH is 1. The monoisotopic (exact) mass is 409 g/mol. The smallest absolute Gasteiger partial charge is 0.122 e. The van der Waals surface area contributed by atoms with Gasteiger partial charge in [0.15, 0.2) is 0 Å². The number of aromatic nitrogens is 1. The molecule has 0 amide bonds. The normalized spacial score (nSPS) is 18.0. The number of nitrogens with one attached hydrogen (secondary N) is 1. The van der Waals surface area contributed by atoms with Gasteiger partial charge in [0, 0.05) is 68.5 Å². The van der Waals surface area contributed by atoms with Crippen molar-refractivity contribution in [3.05, 3.63) is 59.8 Å². The number of aliphatic hydroxyl groups is 1. The number of hydrogen-bond donors (Lipinski definition) is 2. The highest BCUT2D eigenvalue weighted by molar-refractivity contribution is 5.82. The number of benzene rings is 2. The number of hydrogen-bond acceptors (Lipinski definition) is 5. The summed E-state index contributed by atoms with van der Waals surface area (Å²) < 4.78 is 10.8. The highest BCUT2D eigenvalue weighted by atomic mass is 16.5. The minimum absolute atomic E-state index is 0.198. The average molecular weight is 410 g/mol. The molecule has 2 N–H and O–H groups in total. The van der Waals surface area contributed by atoms with Crippen LogP contribution in [0.5, 0.6) is 11.5 Å². The van der Waals surface area contributed by atoms with E-state index >= 15 is 0 Å². The van der Waals surface area contributed by atoms with E-state index in [0.29, 0.717) is 6.04 Å². The molecule has 1 atom stereocenters. The van der Waals surface area contributed by atoms with Crippen molar-refractivity contribution in [3.63, 3.8) is 0 Å². The van der Waals surface area contributed by atoms with Gasteiger partial charge in [-0.2, -0.15) is 0 Å². The Labute approximate surface area is 178 Å². The second kappa shape index (κ2) is 9.51. The summed E-state index contributed by atoms with van der Waals surface area (Å²) in [5.74, 6) is 1.61. The largest absolute Gasteiger partial charge is 0.497 e. The van der Waals surface area contributed by atoms with Gasteiger partial charge in [0.2, 0.25) is 0 Å². The number of nitrogens with zero attached hydrogens (tertiary/aromatic N) is 2. The van der Waals surface area contributed by atoms with Gasteiger partial charge in [-0.25, -0.2) is 0 Å². The van der Waals surface area contributed by atoms with Gasteiger partial charge in [0.1, 0.15) is 11.5 Å². The summed E-state index contributed by atoms with van der Waals surface area (Å²) in [6.07, 6.45) is 2.89. The molecule has 0 spiro atoms. The predicted octanol–water partition coefficient (Wildman–Crippen LogP) is 3.25. The quantitative estimate of drug-likeness (QED) is 0.598. The second-order valence-corrected chi connectivity index (χ2v) is 7.95. The van der Waals surface area contributed by atoms with Crippen molar-refractivity contribution >= 4 is 10.9 Å². The zero-order valence-corrected chi connectivity index (χ0v) is 17.8. The van der Waals surface area contributed by atoms with E-state index in [1.54, 1.807) is 14.2 Å². The van der Waals surface area contributed by atoms with Crippen LogP contribution in [0.4, 0.5) is 0 Å². The summed E-state index contributed by atoms with van der Waals surface area (Å²) in [5, 5.41) is 11.0. The predicted molar refractivity (Wildman–Crippen MR) is 119 cm³/mol. The van der Waals surface area contributed by atoms with E-state index in [2.05, 4.69) is 57.4 Å². The lowest BCUT2D eigenvalue weighted by molar-refractivity contribution is 0.0501. The SMILES string of the molecule is COc1cc(CN2CCN(Cc3c[nH]c4ccccc34)C[C@H]2CCO)cc(OC)c1. The zero-order valence-electron chi connectivity index (χ0n) is 17.8. The molecule has 1 fully saturated rings. The summed E-state index contributed by atoms with van der Waals surface area (Å²) in [4.78, 5) is 8.34. The van der Waals surface area contributed by atoms with Crippen LogP contribution < -0.4 is 9.47 Å². The lowest BCUT2D eigenvalue weighted by atomic mass is 10.1. The van der Waals surface area contributed by atoms with Gasteiger partial charge in [0.25, 0.3) is 0 Å². The van der Waals surface area contributed by atoms with Crippen molar-refractivity contribution in [2.45, 2.75) is 25.6 Å². The van der Waals surface area contributed by atoms with Crippen molar-refractivity contribution in [1.29, 1.82) is 0 Å². The molecule has 160 valence electrons.